The molecule has 98 valence electrons. The number of aliphatic hydroxyl groups is 1. The van der Waals surface area contributed by atoms with Crippen molar-refractivity contribution < 1.29 is 9.84 Å². The molecule has 1 aliphatic heterocycles. The molecule has 0 aromatic heterocycles. The van der Waals surface area contributed by atoms with Crippen molar-refractivity contribution in [3.05, 3.63) is 83.4 Å². The van der Waals surface area contributed by atoms with Gasteiger partial charge in [0.05, 0.1) is 0 Å². The van der Waals surface area contributed by atoms with E-state index in [1.54, 1.807) is 0 Å². The van der Waals surface area contributed by atoms with Crippen LogP contribution in [0.2, 0.25) is 0 Å². The lowest BCUT2D eigenvalue weighted by molar-refractivity contribution is -0.108. The van der Waals surface area contributed by atoms with Crippen LogP contribution in [0, 0.1) is 0 Å². The highest BCUT2D eigenvalue weighted by molar-refractivity contribution is 5.86. The van der Waals surface area contributed by atoms with Crippen LogP contribution in [0.1, 0.15) is 29.1 Å². The Balaban J connectivity index is 1.93. The van der Waals surface area contributed by atoms with Gasteiger partial charge >= 0.3 is 0 Å². The molecule has 0 aliphatic carbocycles. The van der Waals surface area contributed by atoms with Gasteiger partial charge in [0.2, 0.25) is 0 Å². The standard InChI is InChI=1S/C18H14O2/c19-18-16-10-4-3-9-15(16)17(20-18)14-11-5-7-12-6-1-2-8-13(12)14/h1-11,17-19H/t17-,18-/m0/s1. The number of hydrogen-bond acceptors (Lipinski definition) is 2. The van der Waals surface area contributed by atoms with Crippen molar-refractivity contribution in [3.63, 3.8) is 0 Å². The monoisotopic (exact) mass is 262 g/mol. The molecule has 4 rings (SSSR count). The first-order valence-electron chi connectivity index (χ1n) is 6.74. The van der Waals surface area contributed by atoms with E-state index >= 15 is 0 Å². The molecule has 2 heteroatoms. The minimum atomic E-state index is -0.838. The number of hydrogen-bond donors (Lipinski definition) is 1. The summed E-state index contributed by atoms with van der Waals surface area (Å²) in [6, 6.07) is 22.3. The van der Waals surface area contributed by atoms with Gasteiger partial charge in [-0.25, -0.2) is 0 Å². The van der Waals surface area contributed by atoms with Crippen LogP contribution in [0.25, 0.3) is 10.8 Å². The maximum absolute atomic E-state index is 10.1. The number of fused-ring (bicyclic) bond motifs is 2. The van der Waals surface area contributed by atoms with Crippen LogP contribution in [0.3, 0.4) is 0 Å². The molecule has 3 aromatic carbocycles. The van der Waals surface area contributed by atoms with Crippen molar-refractivity contribution in [1.82, 2.24) is 0 Å². The lowest BCUT2D eigenvalue weighted by Gasteiger charge is -2.15. The van der Waals surface area contributed by atoms with Crippen molar-refractivity contribution in [2.24, 2.45) is 0 Å². The average Bonchev–Trinajstić information content (AvgIpc) is 2.84. The van der Waals surface area contributed by atoms with Gasteiger partial charge in [-0.1, -0.05) is 66.7 Å². The summed E-state index contributed by atoms with van der Waals surface area (Å²) in [6.07, 6.45) is -1.04. The van der Waals surface area contributed by atoms with Crippen LogP contribution in [0.5, 0.6) is 0 Å². The van der Waals surface area contributed by atoms with Gasteiger partial charge in [-0.3, -0.25) is 0 Å². The molecule has 2 nitrogen and oxygen atoms in total. The minimum Gasteiger partial charge on any atom is -0.364 e. The summed E-state index contributed by atoms with van der Waals surface area (Å²) in [5.41, 5.74) is 3.02. The van der Waals surface area contributed by atoms with Gasteiger partial charge in [-0.2, -0.15) is 0 Å². The van der Waals surface area contributed by atoms with E-state index in [1.165, 1.54) is 10.8 Å². The second-order valence-electron chi connectivity index (χ2n) is 5.07. The van der Waals surface area contributed by atoms with Crippen molar-refractivity contribution in [2.45, 2.75) is 12.4 Å². The van der Waals surface area contributed by atoms with Crippen molar-refractivity contribution in [2.75, 3.05) is 0 Å². The number of rotatable bonds is 1. The van der Waals surface area contributed by atoms with Gasteiger partial charge < -0.3 is 9.84 Å². The maximum atomic E-state index is 10.1. The van der Waals surface area contributed by atoms with E-state index in [0.29, 0.717) is 0 Å². The molecule has 0 fully saturated rings. The molecule has 0 saturated heterocycles. The Hall–Kier alpha value is -2.16. The zero-order valence-electron chi connectivity index (χ0n) is 10.9. The molecular formula is C18H14O2. The van der Waals surface area contributed by atoms with Crippen LogP contribution in [-0.4, -0.2) is 5.11 Å². The first-order valence-corrected chi connectivity index (χ1v) is 6.74. The van der Waals surface area contributed by atoms with E-state index in [0.717, 1.165) is 16.7 Å². The third-order valence-corrected chi connectivity index (χ3v) is 3.92. The molecule has 1 heterocycles. The summed E-state index contributed by atoms with van der Waals surface area (Å²) in [5, 5.41) is 12.4. The molecule has 0 unspecified atom stereocenters. The van der Waals surface area contributed by atoms with E-state index in [1.807, 2.05) is 42.5 Å². The van der Waals surface area contributed by atoms with Gasteiger partial charge in [-0.15, -0.1) is 0 Å². The Labute approximate surface area is 117 Å². The van der Waals surface area contributed by atoms with Crippen molar-refractivity contribution in [3.8, 4) is 0 Å². The fourth-order valence-electron chi connectivity index (χ4n) is 2.97. The van der Waals surface area contributed by atoms with Gasteiger partial charge in [-0.05, 0) is 21.9 Å². The summed E-state index contributed by atoms with van der Waals surface area (Å²) < 4.78 is 5.78. The molecule has 2 atom stereocenters. The molecule has 3 aromatic rings. The fraction of sp³-hybridized carbons (Fsp3) is 0.111. The Bertz CT molecular complexity index is 774. The fourth-order valence-corrected chi connectivity index (χ4v) is 2.97. The lowest BCUT2D eigenvalue weighted by atomic mass is 9.95. The predicted octanol–water partition coefficient (Wildman–Crippen LogP) is 3.95. The zero-order chi connectivity index (χ0) is 13.5. The molecule has 0 bridgehead atoms. The SMILES string of the molecule is O[C@H]1O[C@@H](c2cccc3ccccc23)c2ccccc21. The third-order valence-electron chi connectivity index (χ3n) is 3.92. The molecule has 0 radical (unpaired) electrons. The van der Waals surface area contributed by atoms with Crippen LogP contribution in [0.15, 0.2) is 66.7 Å². The molecule has 0 amide bonds. The highest BCUT2D eigenvalue weighted by Crippen LogP contribution is 2.43. The highest BCUT2D eigenvalue weighted by atomic mass is 16.6. The summed E-state index contributed by atoms with van der Waals surface area (Å²) in [7, 11) is 0. The number of ether oxygens (including phenoxy) is 1. The van der Waals surface area contributed by atoms with E-state index in [-0.39, 0.29) is 6.10 Å². The lowest BCUT2D eigenvalue weighted by Crippen LogP contribution is -2.00. The number of aliphatic hydroxyl groups excluding tert-OH is 1. The van der Waals surface area contributed by atoms with Gasteiger partial charge in [0.1, 0.15) is 6.10 Å². The molecule has 1 N–H and O–H groups in total. The molecular weight excluding hydrogens is 248 g/mol. The highest BCUT2D eigenvalue weighted by Gasteiger charge is 2.31. The third kappa shape index (κ3) is 1.66. The summed E-state index contributed by atoms with van der Waals surface area (Å²) in [4.78, 5) is 0. The normalized spacial score (nSPS) is 21.1. The second kappa shape index (κ2) is 4.44. The smallest absolute Gasteiger partial charge is 0.182 e. The van der Waals surface area contributed by atoms with Gasteiger partial charge in [0, 0.05) is 5.56 Å². The van der Waals surface area contributed by atoms with Crippen LogP contribution in [-0.2, 0) is 4.74 Å². The Morgan fingerprint density at radius 3 is 2.25 bits per heavy atom. The van der Waals surface area contributed by atoms with Crippen molar-refractivity contribution >= 4 is 10.8 Å². The Morgan fingerprint density at radius 1 is 0.700 bits per heavy atom. The molecule has 20 heavy (non-hydrogen) atoms. The topological polar surface area (TPSA) is 29.5 Å². The zero-order valence-corrected chi connectivity index (χ0v) is 10.9. The van der Waals surface area contributed by atoms with Crippen molar-refractivity contribution in [1.29, 1.82) is 0 Å². The number of benzene rings is 3. The second-order valence-corrected chi connectivity index (χ2v) is 5.07. The summed E-state index contributed by atoms with van der Waals surface area (Å²) >= 11 is 0. The van der Waals surface area contributed by atoms with Crippen LogP contribution < -0.4 is 0 Å². The molecule has 0 saturated carbocycles. The minimum absolute atomic E-state index is 0.202. The van der Waals surface area contributed by atoms with Crippen LogP contribution in [0.4, 0.5) is 0 Å². The average molecular weight is 262 g/mol. The van der Waals surface area contributed by atoms with E-state index in [2.05, 4.69) is 24.3 Å². The van der Waals surface area contributed by atoms with E-state index < -0.39 is 6.29 Å². The summed E-state index contributed by atoms with van der Waals surface area (Å²) in [6.45, 7) is 0. The van der Waals surface area contributed by atoms with Gasteiger partial charge in [0.25, 0.3) is 0 Å². The largest absolute Gasteiger partial charge is 0.364 e. The predicted molar refractivity (Wildman–Crippen MR) is 78.3 cm³/mol. The molecule has 1 aliphatic rings. The van der Waals surface area contributed by atoms with E-state index in [9.17, 15) is 5.11 Å². The Morgan fingerprint density at radius 2 is 1.35 bits per heavy atom. The Kier molecular flexibility index (Phi) is 2.59. The van der Waals surface area contributed by atoms with Crippen LogP contribution >= 0.6 is 0 Å². The molecule has 0 spiro atoms. The van der Waals surface area contributed by atoms with Gasteiger partial charge in [0.15, 0.2) is 6.29 Å². The first-order chi connectivity index (χ1) is 9.84. The first kappa shape index (κ1) is 11.6. The quantitative estimate of drug-likeness (QED) is 0.719. The maximum Gasteiger partial charge on any atom is 0.182 e. The summed E-state index contributed by atoms with van der Waals surface area (Å²) in [5.74, 6) is 0. The van der Waals surface area contributed by atoms with E-state index in [4.69, 9.17) is 4.74 Å².